The van der Waals surface area contributed by atoms with Crippen molar-refractivity contribution in [3.8, 4) is 0 Å². The molecule has 1 saturated heterocycles. The Balaban J connectivity index is 1.67. The Kier molecular flexibility index (Phi) is 4.07. The molecule has 6 nitrogen and oxygen atoms in total. The molecule has 6 heteroatoms. The highest BCUT2D eigenvalue weighted by molar-refractivity contribution is 5.16. The van der Waals surface area contributed by atoms with Crippen LogP contribution in [0, 0.1) is 6.92 Å². The monoisotopic (exact) mass is 289 g/mol. The number of aromatic nitrogens is 4. The van der Waals surface area contributed by atoms with E-state index in [-0.39, 0.29) is 6.10 Å². The number of hydrogen-bond acceptors (Lipinski definition) is 4. The first-order chi connectivity index (χ1) is 10.1. The zero-order valence-electron chi connectivity index (χ0n) is 12.9. The molecule has 0 aliphatic carbocycles. The summed E-state index contributed by atoms with van der Waals surface area (Å²) in [6.45, 7) is 9.93. The predicted octanol–water partition coefficient (Wildman–Crippen LogP) is 2.07. The zero-order valence-corrected chi connectivity index (χ0v) is 12.9. The number of H-pyrrole nitrogens is 1. The minimum atomic E-state index is 0.109. The molecule has 3 heterocycles. The molecule has 3 rings (SSSR count). The van der Waals surface area contributed by atoms with Crippen molar-refractivity contribution < 1.29 is 4.74 Å². The summed E-state index contributed by atoms with van der Waals surface area (Å²) in [4.78, 5) is 2.43. The van der Waals surface area contributed by atoms with Crippen molar-refractivity contribution in [2.24, 2.45) is 0 Å². The minimum absolute atomic E-state index is 0.109. The Hall–Kier alpha value is -1.66. The second-order valence-corrected chi connectivity index (χ2v) is 5.94. The van der Waals surface area contributed by atoms with Gasteiger partial charge >= 0.3 is 0 Å². The van der Waals surface area contributed by atoms with Gasteiger partial charge in [0.2, 0.25) is 0 Å². The zero-order chi connectivity index (χ0) is 14.8. The summed E-state index contributed by atoms with van der Waals surface area (Å²) in [5.74, 6) is 0. The number of rotatable bonds is 4. The molecule has 0 saturated carbocycles. The topological polar surface area (TPSA) is 59.0 Å². The fourth-order valence-corrected chi connectivity index (χ4v) is 2.66. The van der Waals surface area contributed by atoms with Gasteiger partial charge in [-0.25, -0.2) is 0 Å². The number of morpholine rings is 1. The van der Waals surface area contributed by atoms with Gasteiger partial charge in [-0.2, -0.15) is 10.2 Å². The molecule has 0 amide bonds. The van der Waals surface area contributed by atoms with Gasteiger partial charge in [0.1, 0.15) is 0 Å². The Morgan fingerprint density at radius 1 is 1.48 bits per heavy atom. The summed E-state index contributed by atoms with van der Waals surface area (Å²) >= 11 is 0. The van der Waals surface area contributed by atoms with Crippen molar-refractivity contribution >= 4 is 0 Å². The molecule has 1 aliphatic rings. The fraction of sp³-hybridized carbons (Fsp3) is 0.600. The van der Waals surface area contributed by atoms with Gasteiger partial charge in [0.25, 0.3) is 0 Å². The van der Waals surface area contributed by atoms with Crippen LogP contribution in [0.3, 0.4) is 0 Å². The number of aryl methyl sites for hydroxylation is 1. The number of nitrogens with one attached hydrogen (secondary N) is 1. The second-order valence-electron chi connectivity index (χ2n) is 5.94. The van der Waals surface area contributed by atoms with Crippen molar-refractivity contribution in [1.82, 2.24) is 24.9 Å². The third-order valence-electron chi connectivity index (χ3n) is 3.98. The van der Waals surface area contributed by atoms with Crippen molar-refractivity contribution in [2.75, 3.05) is 19.7 Å². The Bertz CT molecular complexity index is 575. The van der Waals surface area contributed by atoms with Crippen LogP contribution in [0.4, 0.5) is 0 Å². The van der Waals surface area contributed by atoms with Crippen LogP contribution < -0.4 is 0 Å². The van der Waals surface area contributed by atoms with Crippen LogP contribution in [0.2, 0.25) is 0 Å². The first-order valence-corrected chi connectivity index (χ1v) is 7.50. The van der Waals surface area contributed by atoms with E-state index in [1.54, 1.807) is 0 Å². The molecule has 0 aromatic carbocycles. The molecule has 114 valence electrons. The molecule has 1 N–H and O–H groups in total. The number of hydrogen-bond donors (Lipinski definition) is 1. The van der Waals surface area contributed by atoms with Crippen LogP contribution in [0.1, 0.15) is 42.8 Å². The Morgan fingerprint density at radius 2 is 2.33 bits per heavy atom. The van der Waals surface area contributed by atoms with Gasteiger partial charge in [-0.15, -0.1) is 0 Å². The van der Waals surface area contributed by atoms with E-state index in [4.69, 9.17) is 4.74 Å². The van der Waals surface area contributed by atoms with Gasteiger partial charge < -0.3 is 4.74 Å². The highest BCUT2D eigenvalue weighted by atomic mass is 16.5. The minimum Gasteiger partial charge on any atom is -0.371 e. The molecular weight excluding hydrogens is 266 g/mol. The van der Waals surface area contributed by atoms with E-state index in [1.165, 1.54) is 5.56 Å². The number of ether oxygens (including phenoxy) is 1. The van der Waals surface area contributed by atoms with Crippen molar-refractivity contribution in [3.63, 3.8) is 0 Å². The standard InChI is InChI=1S/C15H23N5O/c1-11(2)20-9-14(12(3)18-20)8-19-4-5-21-15(10-19)13-6-16-17-7-13/h6-7,9,11,15H,4-5,8,10H2,1-3H3,(H,16,17). The lowest BCUT2D eigenvalue weighted by molar-refractivity contribution is -0.0329. The third-order valence-corrected chi connectivity index (χ3v) is 3.98. The average Bonchev–Trinajstić information content (AvgIpc) is 3.10. The summed E-state index contributed by atoms with van der Waals surface area (Å²) in [5, 5.41) is 11.4. The van der Waals surface area contributed by atoms with Crippen LogP contribution in [0.15, 0.2) is 18.6 Å². The highest BCUT2D eigenvalue weighted by Crippen LogP contribution is 2.23. The summed E-state index contributed by atoms with van der Waals surface area (Å²) in [6, 6.07) is 0.404. The van der Waals surface area contributed by atoms with E-state index >= 15 is 0 Å². The van der Waals surface area contributed by atoms with Gasteiger partial charge in [0.15, 0.2) is 0 Å². The summed E-state index contributed by atoms with van der Waals surface area (Å²) in [6.07, 6.45) is 6.03. The lowest BCUT2D eigenvalue weighted by Gasteiger charge is -2.32. The number of nitrogens with zero attached hydrogens (tertiary/aromatic N) is 4. The van der Waals surface area contributed by atoms with E-state index in [0.717, 1.165) is 37.5 Å². The van der Waals surface area contributed by atoms with Crippen LogP contribution in [-0.4, -0.2) is 44.6 Å². The van der Waals surface area contributed by atoms with Crippen LogP contribution in [0.5, 0.6) is 0 Å². The van der Waals surface area contributed by atoms with Crippen LogP contribution in [0.25, 0.3) is 0 Å². The SMILES string of the molecule is Cc1nn(C(C)C)cc1CN1CCOC(c2cn[nH]c2)C1. The van der Waals surface area contributed by atoms with Crippen molar-refractivity contribution in [2.45, 2.75) is 39.5 Å². The summed E-state index contributed by atoms with van der Waals surface area (Å²) in [7, 11) is 0. The third kappa shape index (κ3) is 3.16. The highest BCUT2D eigenvalue weighted by Gasteiger charge is 2.23. The Morgan fingerprint density at radius 3 is 3.00 bits per heavy atom. The second kappa shape index (κ2) is 5.99. The van der Waals surface area contributed by atoms with Gasteiger partial charge in [-0.05, 0) is 20.8 Å². The van der Waals surface area contributed by atoms with E-state index in [9.17, 15) is 0 Å². The maximum absolute atomic E-state index is 5.84. The quantitative estimate of drug-likeness (QED) is 0.936. The lowest BCUT2D eigenvalue weighted by atomic mass is 10.1. The molecule has 21 heavy (non-hydrogen) atoms. The molecule has 2 aromatic rings. The normalized spacial score (nSPS) is 20.3. The van der Waals surface area contributed by atoms with Gasteiger partial charge in [-0.1, -0.05) is 0 Å². The molecule has 1 aliphatic heterocycles. The first kappa shape index (κ1) is 14.3. The largest absolute Gasteiger partial charge is 0.371 e. The molecule has 0 radical (unpaired) electrons. The van der Waals surface area contributed by atoms with E-state index in [0.29, 0.717) is 6.04 Å². The van der Waals surface area contributed by atoms with Crippen LogP contribution >= 0.6 is 0 Å². The smallest absolute Gasteiger partial charge is 0.0982 e. The molecule has 1 fully saturated rings. The molecule has 1 atom stereocenters. The molecular formula is C15H23N5O. The van der Waals surface area contributed by atoms with Gasteiger partial charge in [0.05, 0.1) is 24.6 Å². The van der Waals surface area contributed by atoms with Crippen molar-refractivity contribution in [1.29, 1.82) is 0 Å². The Labute approximate surface area is 125 Å². The predicted molar refractivity (Wildman–Crippen MR) is 79.9 cm³/mol. The lowest BCUT2D eigenvalue weighted by Crippen LogP contribution is -2.37. The molecule has 2 aromatic heterocycles. The average molecular weight is 289 g/mol. The first-order valence-electron chi connectivity index (χ1n) is 7.50. The van der Waals surface area contributed by atoms with Crippen molar-refractivity contribution in [3.05, 3.63) is 35.4 Å². The summed E-state index contributed by atoms with van der Waals surface area (Å²) < 4.78 is 7.88. The van der Waals surface area contributed by atoms with E-state index in [2.05, 4.69) is 47.2 Å². The maximum atomic E-state index is 5.84. The van der Waals surface area contributed by atoms with Crippen LogP contribution in [-0.2, 0) is 11.3 Å². The maximum Gasteiger partial charge on any atom is 0.0982 e. The van der Waals surface area contributed by atoms with E-state index in [1.807, 2.05) is 17.1 Å². The fourth-order valence-electron chi connectivity index (χ4n) is 2.66. The van der Waals surface area contributed by atoms with Gasteiger partial charge in [0, 0.05) is 49.2 Å². The molecule has 0 bridgehead atoms. The summed E-state index contributed by atoms with van der Waals surface area (Å²) in [5.41, 5.74) is 3.54. The molecule has 0 spiro atoms. The molecule has 1 unspecified atom stereocenters. The van der Waals surface area contributed by atoms with Gasteiger partial charge in [-0.3, -0.25) is 14.7 Å². The number of aromatic amines is 1. The van der Waals surface area contributed by atoms with E-state index < -0.39 is 0 Å².